The lowest BCUT2D eigenvalue weighted by atomic mass is 9.78. The van der Waals surface area contributed by atoms with Crippen LogP contribution in [-0.4, -0.2) is 21.2 Å². The molecular weight excluding hydrogens is 218 g/mol. The van der Waals surface area contributed by atoms with E-state index in [1.165, 1.54) is 0 Å². The van der Waals surface area contributed by atoms with E-state index >= 15 is 0 Å². The first kappa shape index (κ1) is 13.7. The van der Waals surface area contributed by atoms with Gasteiger partial charge >= 0.3 is 6.20 Å². The lowest BCUT2D eigenvalue weighted by molar-refractivity contribution is -0.279. The third-order valence-electron chi connectivity index (χ3n) is 2.96. The van der Waals surface area contributed by atoms with Crippen LogP contribution in [-0.2, 0) is 5.21 Å². The fraction of sp³-hybridized carbons (Fsp3) is 0.667. The molecule has 0 aromatic rings. The molecule has 93 valence electrons. The predicted octanol–water partition coefficient (Wildman–Crippen LogP) is 3.16. The maximum atomic E-state index is 12.1. The summed E-state index contributed by atoms with van der Waals surface area (Å²) in [5, 5.41) is 31.0. The van der Waals surface area contributed by atoms with Crippen molar-refractivity contribution >= 4 is 0 Å². The Kier molecular flexibility index (Phi) is 3.60. The Hall–Kier alpha value is -1.38. The van der Waals surface area contributed by atoms with E-state index in [9.17, 15) is 10.3 Å². The van der Waals surface area contributed by atoms with Gasteiger partial charge in [0.05, 0.1) is 0 Å². The number of rotatable bonds is 1. The molecule has 1 N–H and O–H groups in total. The molecular formula is C12H19N3O2+. The average Bonchev–Trinajstić information content (AvgIpc) is 2.13. The number of nitrogens with zero attached hydrogens (tertiary/aromatic N) is 3. The number of hydrogen-bond acceptors (Lipinski definition) is 3. The van der Waals surface area contributed by atoms with Crippen LogP contribution in [0, 0.1) is 5.39 Å². The number of hydroxylamine groups is 2. The highest BCUT2D eigenvalue weighted by atomic mass is 16.5. The maximum Gasteiger partial charge on any atom is 0.391 e. The Morgan fingerprint density at radius 1 is 1.35 bits per heavy atom. The highest BCUT2D eigenvalue weighted by Gasteiger charge is 2.43. The van der Waals surface area contributed by atoms with Crippen LogP contribution < -0.4 is 0 Å². The summed E-state index contributed by atoms with van der Waals surface area (Å²) >= 11 is 0. The van der Waals surface area contributed by atoms with Crippen LogP contribution in [0.4, 0.5) is 0 Å². The Morgan fingerprint density at radius 2 is 1.82 bits per heavy atom. The highest BCUT2D eigenvalue weighted by Crippen LogP contribution is 2.40. The second-order valence-electron chi connectivity index (χ2n) is 5.74. The normalized spacial score (nSPS) is 24.2. The van der Waals surface area contributed by atoms with E-state index in [1.54, 1.807) is 6.08 Å². The Labute approximate surface area is 102 Å². The fourth-order valence-corrected chi connectivity index (χ4v) is 2.54. The third kappa shape index (κ3) is 3.05. The number of aliphatic hydroxyl groups is 1. The summed E-state index contributed by atoms with van der Waals surface area (Å²) < 4.78 is 0. The van der Waals surface area contributed by atoms with Gasteiger partial charge in [-0.25, -0.2) is 0 Å². The number of piperidine rings is 1. The summed E-state index contributed by atoms with van der Waals surface area (Å²) in [6.07, 6.45) is 3.71. The van der Waals surface area contributed by atoms with Gasteiger partial charge in [0.1, 0.15) is 0 Å². The molecule has 0 bridgehead atoms. The zero-order valence-corrected chi connectivity index (χ0v) is 10.8. The monoisotopic (exact) mass is 237 g/mol. The molecule has 0 aromatic heterocycles. The molecule has 0 unspecified atom stereocenters. The predicted molar refractivity (Wildman–Crippen MR) is 63.8 cm³/mol. The zero-order chi connectivity index (χ0) is 13.3. The molecule has 0 saturated carbocycles. The van der Waals surface area contributed by atoms with E-state index < -0.39 is 11.1 Å². The first-order valence-electron chi connectivity index (χ1n) is 5.59. The summed E-state index contributed by atoms with van der Waals surface area (Å²) in [6, 6.07) is 0. The molecule has 1 aliphatic heterocycles. The van der Waals surface area contributed by atoms with Crippen LogP contribution in [0.3, 0.4) is 0 Å². The van der Waals surface area contributed by atoms with Crippen LogP contribution in [0.2, 0.25) is 0 Å². The minimum atomic E-state index is -0.496. The fourth-order valence-electron chi connectivity index (χ4n) is 2.54. The van der Waals surface area contributed by atoms with Crippen molar-refractivity contribution in [3.63, 3.8) is 0 Å². The summed E-state index contributed by atoms with van der Waals surface area (Å²) in [7, 11) is 0. The van der Waals surface area contributed by atoms with Gasteiger partial charge in [-0.05, 0) is 46.6 Å². The van der Waals surface area contributed by atoms with E-state index in [2.05, 4.69) is 4.98 Å². The number of aliphatic hydroxyl groups excluding tert-OH is 1. The molecule has 0 amide bonds. The molecule has 1 rings (SSSR count). The number of diazo groups is 1. The average molecular weight is 237 g/mol. The van der Waals surface area contributed by atoms with E-state index in [-0.39, 0.29) is 5.76 Å². The molecule has 1 radical (unpaired) electrons. The van der Waals surface area contributed by atoms with Crippen LogP contribution in [0.5, 0.6) is 0 Å². The highest BCUT2D eigenvalue weighted by molar-refractivity contribution is 5.24. The van der Waals surface area contributed by atoms with E-state index in [1.807, 2.05) is 27.7 Å². The Morgan fingerprint density at radius 3 is 2.24 bits per heavy atom. The molecule has 0 spiro atoms. The van der Waals surface area contributed by atoms with Gasteiger partial charge in [0, 0.05) is 11.1 Å². The largest absolute Gasteiger partial charge is 0.502 e. The molecule has 1 aliphatic rings. The molecule has 5 nitrogen and oxygen atoms in total. The topological polar surface area (TPSA) is 71.5 Å². The van der Waals surface area contributed by atoms with Crippen LogP contribution in [0.15, 0.2) is 23.6 Å². The minimum absolute atomic E-state index is 0.103. The van der Waals surface area contributed by atoms with Gasteiger partial charge in [-0.2, -0.15) is 0 Å². The minimum Gasteiger partial charge on any atom is -0.502 e. The van der Waals surface area contributed by atoms with Crippen molar-refractivity contribution in [1.29, 1.82) is 5.39 Å². The van der Waals surface area contributed by atoms with E-state index in [0.29, 0.717) is 12.8 Å². The van der Waals surface area contributed by atoms with Crippen LogP contribution >= 0.6 is 0 Å². The molecule has 1 fully saturated rings. The Balaban J connectivity index is 3.01. The second-order valence-corrected chi connectivity index (χ2v) is 5.74. The first-order chi connectivity index (χ1) is 7.69. The lowest BCUT2D eigenvalue weighted by Crippen LogP contribution is -2.56. The molecule has 0 aromatic carbocycles. The van der Waals surface area contributed by atoms with Crippen molar-refractivity contribution in [1.82, 2.24) is 5.06 Å². The first-order valence-corrected chi connectivity index (χ1v) is 5.59. The summed E-state index contributed by atoms with van der Waals surface area (Å²) in [4.78, 5) is 2.76. The molecule has 17 heavy (non-hydrogen) atoms. The maximum absolute atomic E-state index is 12.1. The van der Waals surface area contributed by atoms with Gasteiger partial charge in [0.2, 0.25) is 11.2 Å². The van der Waals surface area contributed by atoms with E-state index in [4.69, 9.17) is 5.39 Å². The summed E-state index contributed by atoms with van der Waals surface area (Å²) in [5.41, 5.74) is -0.0152. The van der Waals surface area contributed by atoms with Crippen molar-refractivity contribution in [2.24, 2.45) is 0 Å². The lowest BCUT2D eigenvalue weighted by Gasteiger charge is -2.47. The van der Waals surface area contributed by atoms with Gasteiger partial charge in [-0.15, -0.1) is 10.3 Å². The summed E-state index contributed by atoms with van der Waals surface area (Å²) in [5.74, 6) is -0.103. The van der Waals surface area contributed by atoms with Crippen molar-refractivity contribution in [2.75, 3.05) is 0 Å². The van der Waals surface area contributed by atoms with Crippen molar-refractivity contribution in [3.05, 3.63) is 28.6 Å². The van der Waals surface area contributed by atoms with E-state index in [0.717, 1.165) is 16.8 Å². The molecule has 0 atom stereocenters. The molecule has 0 aliphatic carbocycles. The number of allylic oxidation sites excluding steroid dienone is 1. The van der Waals surface area contributed by atoms with Crippen molar-refractivity contribution < 1.29 is 10.3 Å². The molecule has 1 saturated heterocycles. The van der Waals surface area contributed by atoms with Crippen molar-refractivity contribution in [2.45, 2.75) is 51.6 Å². The zero-order valence-electron chi connectivity index (χ0n) is 10.8. The summed E-state index contributed by atoms with van der Waals surface area (Å²) in [6.45, 7) is 7.52. The number of hydrogen-bond donors (Lipinski definition) is 1. The van der Waals surface area contributed by atoms with Gasteiger partial charge < -0.3 is 5.11 Å². The molecule has 5 heteroatoms. The Bertz CT molecular complexity index is 382. The van der Waals surface area contributed by atoms with Gasteiger partial charge in [-0.1, -0.05) is 5.57 Å². The molecule has 1 heterocycles. The standard InChI is InChI=1S/C12H18N3O2/c1-11(2)6-9(5-10(16)8-14-13)7-12(3,4)15(11)17/h5,8H,6-7H2,1-4H3/p+1/b10-8-. The van der Waals surface area contributed by atoms with Gasteiger partial charge in [0.15, 0.2) is 4.98 Å². The third-order valence-corrected chi connectivity index (χ3v) is 2.96. The van der Waals surface area contributed by atoms with Gasteiger partial charge in [0.25, 0.3) is 0 Å². The second kappa shape index (κ2) is 4.47. The van der Waals surface area contributed by atoms with Crippen LogP contribution in [0.25, 0.3) is 4.98 Å². The van der Waals surface area contributed by atoms with Crippen LogP contribution in [0.1, 0.15) is 40.5 Å². The van der Waals surface area contributed by atoms with Gasteiger partial charge in [-0.3, -0.25) is 0 Å². The van der Waals surface area contributed by atoms with Crippen molar-refractivity contribution in [3.8, 4) is 0 Å². The quantitative estimate of drug-likeness (QED) is 0.562. The SMILES string of the molecule is CC1(C)CC(=C/C(O)=C/[N+]#N)CC(C)(C)N1[O]. The smallest absolute Gasteiger partial charge is 0.391 e.